The monoisotopic (exact) mass is 343 g/mol. The number of carbonyl (C=O) groups is 2. The van der Waals surface area contributed by atoms with E-state index in [2.05, 4.69) is 53.6 Å². The molecule has 5 heteroatoms. The Labute approximate surface area is 150 Å². The van der Waals surface area contributed by atoms with Crippen molar-refractivity contribution in [1.82, 2.24) is 15.5 Å². The number of amides is 2. The second-order valence-electron chi connectivity index (χ2n) is 7.55. The lowest BCUT2D eigenvalue weighted by molar-refractivity contribution is -0.131. The average molecular weight is 343 g/mol. The molecule has 3 rings (SSSR count). The van der Waals surface area contributed by atoms with Gasteiger partial charge in [0, 0.05) is 31.1 Å². The molecule has 136 valence electrons. The van der Waals surface area contributed by atoms with Gasteiger partial charge in [0.1, 0.15) is 6.04 Å². The molecule has 2 amide bonds. The standard InChI is InChI=1S/C20H29N3O2/c1-14-11-17(21-20(25)18-9-6-10-19(24)22-18)12-15(2)23(14)13-16-7-4-3-5-8-16/h3-5,7-8,14-15,17-18H,6,9-13H2,1-2H3,(H,21,25)(H,22,24)/t14-,15+,17?,18-/m1/s1. The van der Waals surface area contributed by atoms with Crippen LogP contribution in [0.2, 0.25) is 0 Å². The van der Waals surface area contributed by atoms with Crippen LogP contribution in [0.1, 0.15) is 51.5 Å². The number of hydrogen-bond acceptors (Lipinski definition) is 3. The van der Waals surface area contributed by atoms with E-state index in [1.54, 1.807) is 0 Å². The van der Waals surface area contributed by atoms with Gasteiger partial charge in [-0.1, -0.05) is 30.3 Å². The Hall–Kier alpha value is -1.88. The third-order valence-electron chi connectivity index (χ3n) is 5.49. The van der Waals surface area contributed by atoms with Crippen molar-refractivity contribution in [3.05, 3.63) is 35.9 Å². The summed E-state index contributed by atoms with van der Waals surface area (Å²) in [6, 6.07) is 11.2. The molecule has 1 unspecified atom stereocenters. The normalized spacial score (nSPS) is 30.6. The third kappa shape index (κ3) is 4.60. The fourth-order valence-electron chi connectivity index (χ4n) is 4.15. The molecule has 0 spiro atoms. The molecule has 0 bridgehead atoms. The number of piperidine rings is 2. The van der Waals surface area contributed by atoms with E-state index in [1.807, 2.05) is 6.07 Å². The molecule has 25 heavy (non-hydrogen) atoms. The Kier molecular flexibility index (Phi) is 5.74. The SMILES string of the molecule is C[C@@H]1CC(NC(=O)[C@H]2CCCC(=O)N2)C[C@H](C)N1Cc1ccccc1. The molecule has 0 aliphatic carbocycles. The molecular formula is C20H29N3O2. The number of nitrogens with one attached hydrogen (secondary N) is 2. The first kappa shape index (κ1) is 17.9. The van der Waals surface area contributed by atoms with E-state index in [0.717, 1.165) is 32.2 Å². The van der Waals surface area contributed by atoms with Crippen molar-refractivity contribution < 1.29 is 9.59 Å². The lowest BCUT2D eigenvalue weighted by atomic mass is 9.91. The number of rotatable bonds is 4. The minimum atomic E-state index is -0.353. The molecule has 2 saturated heterocycles. The second-order valence-corrected chi connectivity index (χ2v) is 7.55. The predicted molar refractivity (Wildman–Crippen MR) is 97.9 cm³/mol. The number of nitrogens with zero attached hydrogens (tertiary/aromatic N) is 1. The van der Waals surface area contributed by atoms with Crippen molar-refractivity contribution in [3.63, 3.8) is 0 Å². The van der Waals surface area contributed by atoms with E-state index in [9.17, 15) is 9.59 Å². The molecule has 1 aromatic rings. The van der Waals surface area contributed by atoms with Crippen LogP contribution in [-0.4, -0.2) is 40.9 Å². The van der Waals surface area contributed by atoms with Crippen molar-refractivity contribution >= 4 is 11.8 Å². The highest BCUT2D eigenvalue weighted by atomic mass is 16.2. The zero-order valence-electron chi connectivity index (χ0n) is 15.2. The Morgan fingerprint density at radius 2 is 1.88 bits per heavy atom. The molecule has 0 saturated carbocycles. The van der Waals surface area contributed by atoms with E-state index >= 15 is 0 Å². The summed E-state index contributed by atoms with van der Waals surface area (Å²) < 4.78 is 0. The van der Waals surface area contributed by atoms with Crippen LogP contribution in [0.4, 0.5) is 0 Å². The molecule has 1 aromatic carbocycles. The van der Waals surface area contributed by atoms with Gasteiger partial charge in [-0.3, -0.25) is 14.5 Å². The van der Waals surface area contributed by atoms with Gasteiger partial charge in [-0.15, -0.1) is 0 Å². The van der Waals surface area contributed by atoms with Crippen molar-refractivity contribution in [1.29, 1.82) is 0 Å². The van der Waals surface area contributed by atoms with Crippen LogP contribution in [0.5, 0.6) is 0 Å². The molecule has 2 aliphatic heterocycles. The molecule has 0 radical (unpaired) electrons. The molecule has 2 heterocycles. The van der Waals surface area contributed by atoms with E-state index < -0.39 is 0 Å². The third-order valence-corrected chi connectivity index (χ3v) is 5.49. The average Bonchev–Trinajstić information content (AvgIpc) is 2.59. The van der Waals surface area contributed by atoms with Crippen LogP contribution in [0.25, 0.3) is 0 Å². The Morgan fingerprint density at radius 1 is 1.20 bits per heavy atom. The van der Waals surface area contributed by atoms with Crippen molar-refractivity contribution in [2.24, 2.45) is 0 Å². The molecule has 2 aliphatic rings. The van der Waals surface area contributed by atoms with Gasteiger partial charge in [-0.2, -0.15) is 0 Å². The van der Waals surface area contributed by atoms with Gasteiger partial charge in [0.2, 0.25) is 11.8 Å². The number of hydrogen-bond donors (Lipinski definition) is 2. The summed E-state index contributed by atoms with van der Waals surface area (Å²) >= 11 is 0. The van der Waals surface area contributed by atoms with Gasteiger partial charge in [0.15, 0.2) is 0 Å². The Bertz CT molecular complexity index is 592. The molecule has 5 nitrogen and oxygen atoms in total. The summed E-state index contributed by atoms with van der Waals surface area (Å²) in [5.74, 6) is -0.0280. The highest BCUT2D eigenvalue weighted by Crippen LogP contribution is 2.25. The summed E-state index contributed by atoms with van der Waals surface area (Å²) in [5.41, 5.74) is 1.33. The molecule has 4 atom stereocenters. The predicted octanol–water partition coefficient (Wildman–Crippen LogP) is 2.21. The van der Waals surface area contributed by atoms with Gasteiger partial charge in [-0.05, 0) is 45.1 Å². The largest absolute Gasteiger partial charge is 0.351 e. The molecule has 0 aromatic heterocycles. The minimum Gasteiger partial charge on any atom is -0.351 e. The smallest absolute Gasteiger partial charge is 0.242 e. The molecular weight excluding hydrogens is 314 g/mol. The van der Waals surface area contributed by atoms with Gasteiger partial charge in [0.25, 0.3) is 0 Å². The van der Waals surface area contributed by atoms with Crippen molar-refractivity contribution in [2.75, 3.05) is 0 Å². The zero-order valence-corrected chi connectivity index (χ0v) is 15.2. The molecule has 2 N–H and O–H groups in total. The number of carbonyl (C=O) groups excluding carboxylic acids is 2. The summed E-state index contributed by atoms with van der Waals surface area (Å²) in [4.78, 5) is 26.5. The highest BCUT2D eigenvalue weighted by molar-refractivity contribution is 5.88. The van der Waals surface area contributed by atoms with Crippen molar-refractivity contribution in [2.45, 2.75) is 76.7 Å². The lowest BCUT2D eigenvalue weighted by Crippen LogP contribution is -2.56. The van der Waals surface area contributed by atoms with Gasteiger partial charge < -0.3 is 10.6 Å². The first-order chi connectivity index (χ1) is 12.0. The summed E-state index contributed by atoms with van der Waals surface area (Å²) in [7, 11) is 0. The van der Waals surface area contributed by atoms with Crippen molar-refractivity contribution in [3.8, 4) is 0 Å². The van der Waals surface area contributed by atoms with Crippen LogP contribution in [0, 0.1) is 0 Å². The van der Waals surface area contributed by atoms with Crippen LogP contribution in [0.15, 0.2) is 30.3 Å². The minimum absolute atomic E-state index is 0.00850. The van der Waals surface area contributed by atoms with Gasteiger partial charge in [-0.25, -0.2) is 0 Å². The number of benzene rings is 1. The van der Waals surface area contributed by atoms with E-state index in [0.29, 0.717) is 18.5 Å². The number of likely N-dealkylation sites (tertiary alicyclic amines) is 1. The van der Waals surface area contributed by atoms with E-state index in [1.165, 1.54) is 5.56 Å². The highest BCUT2D eigenvalue weighted by Gasteiger charge is 2.33. The summed E-state index contributed by atoms with van der Waals surface area (Å²) in [6.07, 6.45) is 3.98. The Balaban J connectivity index is 1.54. The summed E-state index contributed by atoms with van der Waals surface area (Å²) in [6.45, 7) is 5.42. The van der Waals surface area contributed by atoms with E-state index in [-0.39, 0.29) is 23.9 Å². The van der Waals surface area contributed by atoms with Crippen LogP contribution in [-0.2, 0) is 16.1 Å². The first-order valence-corrected chi connectivity index (χ1v) is 9.42. The zero-order chi connectivity index (χ0) is 17.8. The van der Waals surface area contributed by atoms with Crippen LogP contribution >= 0.6 is 0 Å². The first-order valence-electron chi connectivity index (χ1n) is 9.42. The van der Waals surface area contributed by atoms with Crippen LogP contribution < -0.4 is 10.6 Å². The second kappa shape index (κ2) is 8.00. The van der Waals surface area contributed by atoms with Crippen LogP contribution in [0.3, 0.4) is 0 Å². The fraction of sp³-hybridized carbons (Fsp3) is 0.600. The summed E-state index contributed by atoms with van der Waals surface area (Å²) in [5, 5.41) is 5.98. The quantitative estimate of drug-likeness (QED) is 0.881. The Morgan fingerprint density at radius 3 is 2.52 bits per heavy atom. The fourth-order valence-corrected chi connectivity index (χ4v) is 4.15. The topological polar surface area (TPSA) is 61.4 Å². The maximum absolute atomic E-state index is 12.5. The lowest BCUT2D eigenvalue weighted by Gasteiger charge is -2.43. The van der Waals surface area contributed by atoms with E-state index in [4.69, 9.17) is 0 Å². The van der Waals surface area contributed by atoms with Gasteiger partial charge >= 0.3 is 0 Å². The van der Waals surface area contributed by atoms with Gasteiger partial charge in [0.05, 0.1) is 0 Å². The maximum Gasteiger partial charge on any atom is 0.242 e. The molecule has 2 fully saturated rings. The maximum atomic E-state index is 12.5.